The second-order valence-electron chi connectivity index (χ2n) is 7.15. The molecule has 29 heavy (non-hydrogen) atoms. The van der Waals surface area contributed by atoms with Gasteiger partial charge in [0.25, 0.3) is 0 Å². The first kappa shape index (κ1) is 23.4. The summed E-state index contributed by atoms with van der Waals surface area (Å²) in [5, 5.41) is 6.61. The standard InChI is InChI=1S/C20H34N4O4S/c1-17-5-6-18(19(15-17)28-12-4-11-27-3)16-23-20(21-2)22-7-8-24-9-13-29(25,26)14-10-24/h5-6,15H,4,7-14,16H2,1-3H3,(H2,21,22,23). The van der Waals surface area contributed by atoms with Gasteiger partial charge in [-0.15, -0.1) is 0 Å². The van der Waals surface area contributed by atoms with Crippen LogP contribution in [0, 0.1) is 6.92 Å². The number of ether oxygens (including phenoxy) is 2. The first-order chi connectivity index (χ1) is 13.9. The third-order valence-corrected chi connectivity index (χ3v) is 6.41. The Hall–Kier alpha value is -1.84. The van der Waals surface area contributed by atoms with Crippen LogP contribution in [-0.2, 0) is 21.1 Å². The van der Waals surface area contributed by atoms with Crippen LogP contribution in [0.15, 0.2) is 23.2 Å². The molecule has 0 unspecified atom stereocenters. The molecule has 1 aromatic carbocycles. The van der Waals surface area contributed by atoms with Gasteiger partial charge in [0.2, 0.25) is 0 Å². The summed E-state index contributed by atoms with van der Waals surface area (Å²) in [4.78, 5) is 6.43. The molecule has 1 aromatic rings. The topological polar surface area (TPSA) is 92.3 Å². The molecular weight excluding hydrogens is 392 g/mol. The minimum absolute atomic E-state index is 0.251. The molecule has 0 spiro atoms. The van der Waals surface area contributed by atoms with E-state index in [0.717, 1.165) is 29.8 Å². The summed E-state index contributed by atoms with van der Waals surface area (Å²) in [5.41, 5.74) is 2.22. The van der Waals surface area contributed by atoms with Gasteiger partial charge >= 0.3 is 0 Å². The highest BCUT2D eigenvalue weighted by Gasteiger charge is 2.20. The lowest BCUT2D eigenvalue weighted by molar-refractivity contribution is 0.171. The van der Waals surface area contributed by atoms with E-state index in [4.69, 9.17) is 9.47 Å². The quantitative estimate of drug-likeness (QED) is 0.325. The van der Waals surface area contributed by atoms with Gasteiger partial charge in [-0.3, -0.25) is 9.89 Å². The third kappa shape index (κ3) is 8.59. The van der Waals surface area contributed by atoms with Crippen LogP contribution >= 0.6 is 0 Å². The van der Waals surface area contributed by atoms with E-state index in [0.29, 0.717) is 45.4 Å². The van der Waals surface area contributed by atoms with E-state index in [9.17, 15) is 8.42 Å². The normalized spacial score (nSPS) is 17.1. The van der Waals surface area contributed by atoms with E-state index in [2.05, 4.69) is 32.7 Å². The molecule has 1 aliphatic rings. The molecule has 0 atom stereocenters. The van der Waals surface area contributed by atoms with Gasteiger partial charge in [-0.2, -0.15) is 0 Å². The van der Waals surface area contributed by atoms with E-state index in [-0.39, 0.29) is 11.5 Å². The zero-order chi connectivity index (χ0) is 21.1. The van der Waals surface area contributed by atoms with Gasteiger partial charge in [0, 0.05) is 65.5 Å². The van der Waals surface area contributed by atoms with Crippen molar-refractivity contribution in [1.82, 2.24) is 15.5 Å². The number of hydrogen-bond donors (Lipinski definition) is 2. The van der Waals surface area contributed by atoms with E-state index in [1.54, 1.807) is 14.2 Å². The van der Waals surface area contributed by atoms with Crippen LogP contribution in [0.2, 0.25) is 0 Å². The van der Waals surface area contributed by atoms with Crippen molar-refractivity contribution < 1.29 is 17.9 Å². The molecule has 0 aliphatic carbocycles. The van der Waals surface area contributed by atoms with Crippen LogP contribution in [0.3, 0.4) is 0 Å². The van der Waals surface area contributed by atoms with Crippen molar-refractivity contribution in [2.24, 2.45) is 4.99 Å². The predicted octanol–water partition coefficient (Wildman–Crippen LogP) is 0.806. The lowest BCUT2D eigenvalue weighted by atomic mass is 10.1. The number of guanidine groups is 1. The van der Waals surface area contributed by atoms with Crippen molar-refractivity contribution in [2.45, 2.75) is 19.9 Å². The fourth-order valence-electron chi connectivity index (χ4n) is 3.03. The van der Waals surface area contributed by atoms with Crippen molar-refractivity contribution in [1.29, 1.82) is 0 Å². The number of sulfone groups is 1. The van der Waals surface area contributed by atoms with Gasteiger partial charge in [-0.25, -0.2) is 8.42 Å². The maximum absolute atomic E-state index is 11.5. The number of aryl methyl sites for hydroxylation is 1. The fourth-order valence-corrected chi connectivity index (χ4v) is 4.31. The molecule has 2 rings (SSSR count). The molecular formula is C20H34N4O4S. The smallest absolute Gasteiger partial charge is 0.191 e. The van der Waals surface area contributed by atoms with Gasteiger partial charge in [-0.1, -0.05) is 12.1 Å². The lowest BCUT2D eigenvalue weighted by Crippen LogP contribution is -2.45. The highest BCUT2D eigenvalue weighted by molar-refractivity contribution is 7.91. The molecule has 0 radical (unpaired) electrons. The Labute approximate surface area is 174 Å². The Morgan fingerprint density at radius 2 is 1.97 bits per heavy atom. The molecule has 9 heteroatoms. The minimum atomic E-state index is -2.84. The Bertz CT molecular complexity index is 754. The van der Waals surface area contributed by atoms with Gasteiger partial charge < -0.3 is 20.1 Å². The number of methoxy groups -OCH3 is 1. The maximum Gasteiger partial charge on any atom is 0.191 e. The molecule has 0 amide bonds. The molecule has 0 bridgehead atoms. The molecule has 0 aromatic heterocycles. The maximum atomic E-state index is 11.5. The molecule has 1 saturated heterocycles. The number of hydrogen-bond acceptors (Lipinski definition) is 6. The monoisotopic (exact) mass is 426 g/mol. The first-order valence-corrected chi connectivity index (χ1v) is 11.8. The van der Waals surface area contributed by atoms with E-state index >= 15 is 0 Å². The van der Waals surface area contributed by atoms with Crippen molar-refractivity contribution in [2.75, 3.05) is 65.1 Å². The predicted molar refractivity (Wildman–Crippen MR) is 116 cm³/mol. The largest absolute Gasteiger partial charge is 0.493 e. The zero-order valence-electron chi connectivity index (χ0n) is 17.7. The number of nitrogens with zero attached hydrogens (tertiary/aromatic N) is 2. The number of aliphatic imine (C=N–C) groups is 1. The first-order valence-electron chi connectivity index (χ1n) is 10.0. The second kappa shape index (κ2) is 12.0. The Kier molecular flexibility index (Phi) is 9.69. The molecule has 1 aliphatic heterocycles. The number of nitrogens with one attached hydrogen (secondary N) is 2. The SMILES string of the molecule is CN=C(NCCN1CCS(=O)(=O)CC1)NCc1ccc(C)cc1OCCCOC. The summed E-state index contributed by atoms with van der Waals surface area (Å²) >= 11 is 0. The summed E-state index contributed by atoms with van der Waals surface area (Å²) in [5.74, 6) is 2.08. The van der Waals surface area contributed by atoms with Crippen LogP contribution in [0.5, 0.6) is 5.75 Å². The fraction of sp³-hybridized carbons (Fsp3) is 0.650. The Morgan fingerprint density at radius 3 is 2.66 bits per heavy atom. The summed E-state index contributed by atoms with van der Waals surface area (Å²) in [6, 6.07) is 6.18. The van der Waals surface area contributed by atoms with Gasteiger partial charge in [0.05, 0.1) is 18.1 Å². The third-order valence-electron chi connectivity index (χ3n) is 4.80. The highest BCUT2D eigenvalue weighted by atomic mass is 32.2. The molecule has 0 saturated carbocycles. The van der Waals surface area contributed by atoms with Gasteiger partial charge in [0.15, 0.2) is 15.8 Å². The van der Waals surface area contributed by atoms with Gasteiger partial charge in [-0.05, 0) is 18.6 Å². The van der Waals surface area contributed by atoms with Crippen molar-refractivity contribution in [3.05, 3.63) is 29.3 Å². The van der Waals surface area contributed by atoms with Crippen LogP contribution in [0.1, 0.15) is 17.5 Å². The lowest BCUT2D eigenvalue weighted by Gasteiger charge is -2.26. The minimum Gasteiger partial charge on any atom is -0.493 e. The van der Waals surface area contributed by atoms with Crippen LogP contribution < -0.4 is 15.4 Å². The van der Waals surface area contributed by atoms with E-state index in [1.165, 1.54) is 0 Å². The van der Waals surface area contributed by atoms with Crippen LogP contribution in [0.4, 0.5) is 0 Å². The van der Waals surface area contributed by atoms with E-state index < -0.39 is 9.84 Å². The molecule has 2 N–H and O–H groups in total. The summed E-state index contributed by atoms with van der Waals surface area (Å²) in [7, 11) is 0.589. The zero-order valence-corrected chi connectivity index (χ0v) is 18.6. The number of rotatable bonds is 10. The second-order valence-corrected chi connectivity index (χ2v) is 9.46. The average molecular weight is 427 g/mol. The van der Waals surface area contributed by atoms with Crippen molar-refractivity contribution in [3.8, 4) is 5.75 Å². The summed E-state index contributed by atoms with van der Waals surface area (Å²) in [6.45, 7) is 6.63. The van der Waals surface area contributed by atoms with E-state index in [1.807, 2.05) is 13.0 Å². The number of benzene rings is 1. The van der Waals surface area contributed by atoms with Crippen molar-refractivity contribution in [3.63, 3.8) is 0 Å². The van der Waals surface area contributed by atoms with Gasteiger partial charge in [0.1, 0.15) is 5.75 Å². The molecule has 8 nitrogen and oxygen atoms in total. The van der Waals surface area contributed by atoms with Crippen molar-refractivity contribution >= 4 is 15.8 Å². The molecule has 1 fully saturated rings. The van der Waals surface area contributed by atoms with Crippen LogP contribution in [-0.4, -0.2) is 84.3 Å². The molecule has 164 valence electrons. The van der Waals surface area contributed by atoms with Crippen LogP contribution in [0.25, 0.3) is 0 Å². The Balaban J connectivity index is 1.78. The molecule has 1 heterocycles. The summed E-state index contributed by atoms with van der Waals surface area (Å²) in [6.07, 6.45) is 0.846. The Morgan fingerprint density at radius 1 is 1.21 bits per heavy atom. The summed E-state index contributed by atoms with van der Waals surface area (Å²) < 4.78 is 34.0. The average Bonchev–Trinajstić information content (AvgIpc) is 2.70. The highest BCUT2D eigenvalue weighted by Crippen LogP contribution is 2.20.